The van der Waals surface area contributed by atoms with Crippen LogP contribution in [0.3, 0.4) is 0 Å². The van der Waals surface area contributed by atoms with Crippen molar-refractivity contribution in [2.75, 3.05) is 65.4 Å². The van der Waals surface area contributed by atoms with Gasteiger partial charge in [0.1, 0.15) is 0 Å². The lowest BCUT2D eigenvalue weighted by atomic mass is 10.5. The second-order valence-corrected chi connectivity index (χ2v) is 3.40. The first kappa shape index (κ1) is 19.1. The molecule has 0 bridgehead atoms. The van der Waals surface area contributed by atoms with Crippen LogP contribution in [0.2, 0.25) is 0 Å². The van der Waals surface area contributed by atoms with Crippen LogP contribution in [-0.2, 0) is 0 Å². The van der Waals surface area contributed by atoms with Crippen molar-refractivity contribution >= 4 is 0 Å². The van der Waals surface area contributed by atoms with Crippen LogP contribution in [0.4, 0.5) is 0 Å². The van der Waals surface area contributed by atoms with E-state index in [1.807, 2.05) is 0 Å². The van der Waals surface area contributed by atoms with E-state index in [2.05, 4.69) is 16.0 Å². The number of rotatable bonds is 11. The molecule has 0 spiro atoms. The van der Waals surface area contributed by atoms with Crippen molar-refractivity contribution in [1.29, 1.82) is 0 Å². The zero-order valence-corrected chi connectivity index (χ0v) is 10.9. The summed E-state index contributed by atoms with van der Waals surface area (Å²) in [5.41, 5.74) is 20.4. The molecule has 0 aromatic carbocycles. The van der Waals surface area contributed by atoms with Gasteiger partial charge in [0, 0.05) is 65.4 Å². The van der Waals surface area contributed by atoms with Crippen LogP contribution in [0.1, 0.15) is 0 Å². The van der Waals surface area contributed by atoms with Crippen LogP contribution >= 0.6 is 0 Å². The summed E-state index contributed by atoms with van der Waals surface area (Å²) in [6.07, 6.45) is 0. The lowest BCUT2D eigenvalue weighted by Crippen LogP contribution is -2.35. The summed E-state index contributed by atoms with van der Waals surface area (Å²) in [6.45, 7) is 8.34. The fourth-order valence-electron chi connectivity index (χ4n) is 0.933. The summed E-state index contributed by atoms with van der Waals surface area (Å²) in [4.78, 5) is 0. The third kappa shape index (κ3) is 25.7. The average molecular weight is 249 g/mol. The van der Waals surface area contributed by atoms with Crippen LogP contribution in [0.15, 0.2) is 0 Å². The van der Waals surface area contributed by atoms with Gasteiger partial charge in [0.15, 0.2) is 0 Å². The standard InChI is InChI=1S/C8H23N5.C2H8N2/c9-1-3-11-5-7-13-8-6-12-4-2-10;3-1-2-4/h11-13H,1-10H2;1-4H2. The molecule has 7 nitrogen and oxygen atoms in total. The van der Waals surface area contributed by atoms with Gasteiger partial charge >= 0.3 is 0 Å². The van der Waals surface area contributed by atoms with E-state index in [4.69, 9.17) is 22.9 Å². The van der Waals surface area contributed by atoms with Crippen LogP contribution in [0.5, 0.6) is 0 Å². The maximum absolute atomic E-state index is 5.32. The maximum atomic E-state index is 5.32. The van der Waals surface area contributed by atoms with Crippen molar-refractivity contribution < 1.29 is 0 Å². The minimum absolute atomic E-state index is 0.597. The van der Waals surface area contributed by atoms with Gasteiger partial charge in [-0.2, -0.15) is 0 Å². The molecule has 0 unspecified atom stereocenters. The molecule has 0 aromatic heterocycles. The van der Waals surface area contributed by atoms with Gasteiger partial charge in [-0.05, 0) is 0 Å². The van der Waals surface area contributed by atoms with E-state index in [0.29, 0.717) is 26.2 Å². The normalized spacial score (nSPS) is 9.88. The first-order chi connectivity index (χ1) is 8.33. The van der Waals surface area contributed by atoms with Gasteiger partial charge in [-0.1, -0.05) is 0 Å². The molecule has 106 valence electrons. The first-order valence-electron chi connectivity index (χ1n) is 6.25. The Kier molecular flexibility index (Phi) is 23.6. The van der Waals surface area contributed by atoms with Crippen LogP contribution in [0, 0.1) is 0 Å². The first-order valence-corrected chi connectivity index (χ1v) is 6.25. The fourth-order valence-corrected chi connectivity index (χ4v) is 0.933. The van der Waals surface area contributed by atoms with Crippen molar-refractivity contribution in [3.8, 4) is 0 Å². The molecule has 0 aliphatic heterocycles. The van der Waals surface area contributed by atoms with E-state index >= 15 is 0 Å². The lowest BCUT2D eigenvalue weighted by molar-refractivity contribution is 0.586. The molecule has 0 heterocycles. The van der Waals surface area contributed by atoms with Gasteiger partial charge in [-0.3, -0.25) is 0 Å². The van der Waals surface area contributed by atoms with E-state index < -0.39 is 0 Å². The van der Waals surface area contributed by atoms with Crippen molar-refractivity contribution in [3.05, 3.63) is 0 Å². The molecule has 0 atom stereocenters. The number of hydrogen-bond acceptors (Lipinski definition) is 7. The highest BCUT2D eigenvalue weighted by Crippen LogP contribution is 1.60. The van der Waals surface area contributed by atoms with E-state index in [1.54, 1.807) is 0 Å². The predicted octanol–water partition coefficient (Wildman–Crippen LogP) is -3.42. The molecule has 0 amide bonds. The van der Waals surface area contributed by atoms with Crippen molar-refractivity contribution in [1.82, 2.24) is 16.0 Å². The quantitative estimate of drug-likeness (QED) is 0.189. The van der Waals surface area contributed by atoms with E-state index in [9.17, 15) is 0 Å². The smallest absolute Gasteiger partial charge is 0.00772 e. The van der Waals surface area contributed by atoms with E-state index in [-0.39, 0.29) is 0 Å². The third-order valence-corrected chi connectivity index (χ3v) is 1.77. The number of hydrogen-bond donors (Lipinski definition) is 7. The molecule has 11 N–H and O–H groups in total. The molecule has 7 heteroatoms. The van der Waals surface area contributed by atoms with Crippen LogP contribution in [-0.4, -0.2) is 65.4 Å². The molecule has 17 heavy (non-hydrogen) atoms. The number of nitrogens with two attached hydrogens (primary N) is 4. The Balaban J connectivity index is 0. The highest BCUT2D eigenvalue weighted by atomic mass is 15.0. The summed E-state index contributed by atoms with van der Waals surface area (Å²) in [5, 5.41) is 9.71. The van der Waals surface area contributed by atoms with Crippen molar-refractivity contribution in [3.63, 3.8) is 0 Å². The summed E-state index contributed by atoms with van der Waals surface area (Å²) in [7, 11) is 0. The van der Waals surface area contributed by atoms with Crippen LogP contribution < -0.4 is 38.9 Å². The third-order valence-electron chi connectivity index (χ3n) is 1.77. The molecule has 0 rings (SSSR count). The highest BCUT2D eigenvalue weighted by Gasteiger charge is 1.87. The molecule has 0 aromatic rings. The maximum Gasteiger partial charge on any atom is 0.00772 e. The minimum Gasteiger partial charge on any atom is -0.329 e. The topological polar surface area (TPSA) is 140 Å². The zero-order chi connectivity index (χ0) is 13.2. The Morgan fingerprint density at radius 3 is 0.941 bits per heavy atom. The molecule has 0 radical (unpaired) electrons. The largest absolute Gasteiger partial charge is 0.329 e. The highest BCUT2D eigenvalue weighted by molar-refractivity contribution is 4.54. The Labute approximate surface area is 105 Å². The molecular weight excluding hydrogens is 218 g/mol. The molecule has 0 fully saturated rings. The summed E-state index contributed by atoms with van der Waals surface area (Å²) < 4.78 is 0. The summed E-state index contributed by atoms with van der Waals surface area (Å²) in [5.74, 6) is 0. The Bertz CT molecular complexity index is 101. The zero-order valence-electron chi connectivity index (χ0n) is 10.9. The van der Waals surface area contributed by atoms with Gasteiger partial charge in [0.2, 0.25) is 0 Å². The monoisotopic (exact) mass is 249 g/mol. The minimum atomic E-state index is 0.597. The van der Waals surface area contributed by atoms with Crippen molar-refractivity contribution in [2.24, 2.45) is 22.9 Å². The van der Waals surface area contributed by atoms with Crippen LogP contribution in [0.25, 0.3) is 0 Å². The summed E-state index contributed by atoms with van der Waals surface area (Å²) in [6, 6.07) is 0. The van der Waals surface area contributed by atoms with Gasteiger partial charge < -0.3 is 38.9 Å². The molecular formula is C10H31N7. The Hall–Kier alpha value is -0.280. The Morgan fingerprint density at radius 2 is 0.706 bits per heavy atom. The average Bonchev–Trinajstić information content (AvgIpc) is 2.37. The molecule has 0 saturated carbocycles. The second-order valence-electron chi connectivity index (χ2n) is 3.40. The van der Waals surface area contributed by atoms with Gasteiger partial charge in [-0.15, -0.1) is 0 Å². The molecule has 0 aliphatic carbocycles. The molecule has 0 aliphatic rings. The predicted molar refractivity (Wildman–Crippen MR) is 74.8 cm³/mol. The summed E-state index contributed by atoms with van der Waals surface area (Å²) >= 11 is 0. The molecule has 0 saturated heterocycles. The lowest BCUT2D eigenvalue weighted by Gasteiger charge is -2.06. The van der Waals surface area contributed by atoms with Crippen molar-refractivity contribution in [2.45, 2.75) is 0 Å². The second kappa shape index (κ2) is 21.1. The van der Waals surface area contributed by atoms with Gasteiger partial charge in [0.05, 0.1) is 0 Å². The Morgan fingerprint density at radius 1 is 0.412 bits per heavy atom. The number of nitrogens with one attached hydrogen (secondary N) is 3. The van der Waals surface area contributed by atoms with E-state index in [0.717, 1.165) is 39.3 Å². The SMILES string of the molecule is NCCN.NCCNCCNCCNCCN. The fraction of sp³-hybridized carbons (Fsp3) is 1.00. The van der Waals surface area contributed by atoms with Gasteiger partial charge in [0.25, 0.3) is 0 Å². The van der Waals surface area contributed by atoms with E-state index in [1.165, 1.54) is 0 Å². The van der Waals surface area contributed by atoms with Gasteiger partial charge in [-0.25, -0.2) is 0 Å².